The maximum Gasteiger partial charge on any atom is 0.416 e. The largest absolute Gasteiger partial charge is 0.457 e. The van der Waals surface area contributed by atoms with Crippen molar-refractivity contribution < 1.29 is 27.9 Å². The number of carbonyl (C=O) groups excluding carboxylic acids is 1. The van der Waals surface area contributed by atoms with Crippen LogP contribution in [0.4, 0.5) is 18.0 Å². The number of primary amides is 1. The lowest BCUT2D eigenvalue weighted by molar-refractivity contribution is -0.137. The van der Waals surface area contributed by atoms with Gasteiger partial charge in [0.05, 0.1) is 11.6 Å². The van der Waals surface area contributed by atoms with Crippen LogP contribution >= 0.6 is 0 Å². The molecule has 1 saturated carbocycles. The van der Waals surface area contributed by atoms with Gasteiger partial charge in [-0.15, -0.1) is 0 Å². The van der Waals surface area contributed by atoms with Gasteiger partial charge in [0.2, 0.25) is 0 Å². The monoisotopic (exact) mass is 366 g/mol. The van der Waals surface area contributed by atoms with Crippen molar-refractivity contribution in [2.75, 3.05) is 0 Å². The van der Waals surface area contributed by atoms with E-state index in [4.69, 9.17) is 10.5 Å². The molecule has 2 aromatic rings. The van der Waals surface area contributed by atoms with E-state index in [1.165, 1.54) is 12.1 Å². The molecule has 0 spiro atoms. The van der Waals surface area contributed by atoms with Crippen LogP contribution in [-0.4, -0.2) is 22.3 Å². The Hall–Kier alpha value is -2.74. The quantitative estimate of drug-likeness (QED) is 0.617. The fourth-order valence-corrected chi connectivity index (χ4v) is 2.94. The minimum absolute atomic E-state index is 0.0960. The lowest BCUT2D eigenvalue weighted by Crippen LogP contribution is -2.47. The third kappa shape index (κ3) is 3.91. The molecule has 0 aliphatic heterocycles. The average Bonchev–Trinajstić information content (AvgIpc) is 2.53. The molecule has 1 aliphatic carbocycles. The van der Waals surface area contributed by atoms with E-state index >= 15 is 0 Å². The van der Waals surface area contributed by atoms with Gasteiger partial charge in [-0.2, -0.15) is 13.2 Å². The number of nitrogens with two attached hydrogens (primary N) is 1. The highest BCUT2D eigenvalue weighted by Crippen LogP contribution is 2.40. The second-order valence-electron chi connectivity index (χ2n) is 6.21. The molecule has 2 aromatic carbocycles. The Morgan fingerprint density at radius 1 is 1.12 bits per heavy atom. The van der Waals surface area contributed by atoms with Gasteiger partial charge >= 0.3 is 12.2 Å². The van der Waals surface area contributed by atoms with Gasteiger partial charge in [0, 0.05) is 0 Å². The second-order valence-corrected chi connectivity index (χ2v) is 6.21. The van der Waals surface area contributed by atoms with Crippen molar-refractivity contribution in [2.45, 2.75) is 31.0 Å². The SMILES string of the molecule is NC(=O)N(O)C1CC(c2cccc(Oc3cccc(C(F)(F)F)c3)c2)C1. The Balaban J connectivity index is 1.69. The van der Waals surface area contributed by atoms with Crippen LogP contribution in [0.15, 0.2) is 48.5 Å². The zero-order chi connectivity index (χ0) is 18.9. The molecule has 0 heterocycles. The topological polar surface area (TPSA) is 75.8 Å². The summed E-state index contributed by atoms with van der Waals surface area (Å²) in [5.74, 6) is 0.624. The van der Waals surface area contributed by atoms with Gasteiger partial charge in [0.15, 0.2) is 0 Å². The predicted molar refractivity (Wildman–Crippen MR) is 86.9 cm³/mol. The van der Waals surface area contributed by atoms with Crippen LogP contribution in [-0.2, 0) is 6.18 Å². The van der Waals surface area contributed by atoms with Crippen molar-refractivity contribution in [1.82, 2.24) is 5.06 Å². The van der Waals surface area contributed by atoms with Crippen LogP contribution in [0.3, 0.4) is 0 Å². The number of nitrogens with zero attached hydrogens (tertiary/aromatic N) is 1. The van der Waals surface area contributed by atoms with Crippen molar-refractivity contribution >= 4 is 6.03 Å². The van der Waals surface area contributed by atoms with Gasteiger partial charge in [-0.25, -0.2) is 9.86 Å². The molecule has 0 saturated heterocycles. The van der Waals surface area contributed by atoms with Crippen molar-refractivity contribution in [3.63, 3.8) is 0 Å². The Morgan fingerprint density at radius 3 is 2.35 bits per heavy atom. The minimum atomic E-state index is -4.43. The molecule has 138 valence electrons. The number of hydroxylamine groups is 2. The van der Waals surface area contributed by atoms with Gasteiger partial charge < -0.3 is 10.5 Å². The van der Waals surface area contributed by atoms with Crippen molar-refractivity contribution in [3.8, 4) is 11.5 Å². The number of hydrogen-bond acceptors (Lipinski definition) is 3. The highest BCUT2D eigenvalue weighted by atomic mass is 19.4. The molecule has 26 heavy (non-hydrogen) atoms. The summed E-state index contributed by atoms with van der Waals surface area (Å²) in [4.78, 5) is 10.9. The summed E-state index contributed by atoms with van der Waals surface area (Å²) in [6.45, 7) is 0. The zero-order valence-corrected chi connectivity index (χ0v) is 13.6. The summed E-state index contributed by atoms with van der Waals surface area (Å²) in [5, 5.41) is 10.0. The molecule has 8 heteroatoms. The predicted octanol–water partition coefficient (Wildman–Crippen LogP) is 4.51. The zero-order valence-electron chi connectivity index (χ0n) is 13.6. The summed E-state index contributed by atoms with van der Waals surface area (Å²) in [6, 6.07) is 10.5. The standard InChI is InChI=1S/C18H17F3N2O3/c19-18(20,21)13-4-2-6-16(10-13)26-15-5-1-3-11(9-15)12-7-14(8-12)23(25)17(22)24/h1-6,9-10,12,14,25H,7-8H2,(H2,22,24). The van der Waals surface area contributed by atoms with Crippen LogP contribution in [0.25, 0.3) is 0 Å². The molecule has 1 fully saturated rings. The van der Waals surface area contributed by atoms with Crippen molar-refractivity contribution in [3.05, 3.63) is 59.7 Å². The maximum absolute atomic E-state index is 12.8. The summed E-state index contributed by atoms with van der Waals surface area (Å²) < 4.78 is 43.9. The van der Waals surface area contributed by atoms with Crippen LogP contribution in [0.5, 0.6) is 11.5 Å². The number of carbonyl (C=O) groups is 1. The number of halogens is 3. The van der Waals surface area contributed by atoms with Gasteiger partial charge in [0.25, 0.3) is 0 Å². The number of amides is 2. The third-order valence-electron chi connectivity index (χ3n) is 4.41. The van der Waals surface area contributed by atoms with E-state index < -0.39 is 17.8 Å². The maximum atomic E-state index is 12.8. The van der Waals surface area contributed by atoms with Gasteiger partial charge in [-0.3, -0.25) is 5.21 Å². The third-order valence-corrected chi connectivity index (χ3v) is 4.41. The second kappa shape index (κ2) is 6.87. The summed E-state index contributed by atoms with van der Waals surface area (Å²) in [6.07, 6.45) is -3.34. The van der Waals surface area contributed by atoms with E-state index in [2.05, 4.69) is 0 Å². The number of hydrogen-bond donors (Lipinski definition) is 2. The van der Waals surface area contributed by atoms with E-state index in [0.29, 0.717) is 23.7 Å². The van der Waals surface area contributed by atoms with Crippen LogP contribution < -0.4 is 10.5 Å². The molecular formula is C18H17F3N2O3. The van der Waals surface area contributed by atoms with E-state index in [1.807, 2.05) is 6.07 Å². The highest BCUT2D eigenvalue weighted by Gasteiger charge is 2.36. The summed E-state index contributed by atoms with van der Waals surface area (Å²) in [7, 11) is 0. The molecule has 0 unspecified atom stereocenters. The van der Waals surface area contributed by atoms with Crippen molar-refractivity contribution in [1.29, 1.82) is 0 Å². The normalized spacial score (nSPS) is 19.5. The van der Waals surface area contributed by atoms with Gasteiger partial charge in [-0.1, -0.05) is 18.2 Å². The lowest BCUT2D eigenvalue weighted by atomic mass is 9.75. The fourth-order valence-electron chi connectivity index (χ4n) is 2.94. The Labute approximate surface area is 147 Å². The number of urea groups is 1. The first-order valence-corrected chi connectivity index (χ1v) is 7.96. The molecule has 3 rings (SSSR count). The van der Waals surface area contributed by atoms with E-state index in [1.54, 1.807) is 18.2 Å². The Morgan fingerprint density at radius 2 is 1.73 bits per heavy atom. The molecule has 3 N–H and O–H groups in total. The van der Waals surface area contributed by atoms with Crippen molar-refractivity contribution in [2.24, 2.45) is 5.73 Å². The van der Waals surface area contributed by atoms with E-state index in [9.17, 15) is 23.2 Å². The molecule has 5 nitrogen and oxygen atoms in total. The molecule has 0 bridgehead atoms. The molecular weight excluding hydrogens is 349 g/mol. The molecule has 1 aliphatic rings. The van der Waals surface area contributed by atoms with Gasteiger partial charge in [-0.05, 0) is 54.7 Å². The number of benzene rings is 2. The fraction of sp³-hybridized carbons (Fsp3) is 0.278. The Kier molecular flexibility index (Phi) is 4.78. The van der Waals surface area contributed by atoms with E-state index in [-0.39, 0.29) is 17.7 Å². The summed E-state index contributed by atoms with van der Waals surface area (Å²) in [5.41, 5.74) is 5.16. The molecule has 2 amide bonds. The number of rotatable bonds is 4. The highest BCUT2D eigenvalue weighted by molar-refractivity contribution is 5.71. The van der Waals surface area contributed by atoms with Gasteiger partial charge in [0.1, 0.15) is 11.5 Å². The smallest absolute Gasteiger partial charge is 0.416 e. The molecule has 0 atom stereocenters. The van der Waals surface area contributed by atoms with Crippen LogP contribution in [0, 0.1) is 0 Å². The number of alkyl halides is 3. The molecule has 0 aromatic heterocycles. The van der Waals surface area contributed by atoms with Crippen LogP contribution in [0.2, 0.25) is 0 Å². The number of ether oxygens (including phenoxy) is 1. The minimum Gasteiger partial charge on any atom is -0.457 e. The van der Waals surface area contributed by atoms with E-state index in [0.717, 1.165) is 17.7 Å². The first kappa shape index (κ1) is 18.1. The van der Waals surface area contributed by atoms with Crippen LogP contribution in [0.1, 0.15) is 29.9 Å². The lowest BCUT2D eigenvalue weighted by Gasteiger charge is -2.39. The molecule has 0 radical (unpaired) electrons. The first-order valence-electron chi connectivity index (χ1n) is 7.96. The average molecular weight is 366 g/mol. The first-order chi connectivity index (χ1) is 12.2. The Bertz CT molecular complexity index is 804. The summed E-state index contributed by atoms with van der Waals surface area (Å²) >= 11 is 0.